The van der Waals surface area contributed by atoms with Crippen molar-refractivity contribution in [3.05, 3.63) is 35.4 Å². The predicted octanol–water partition coefficient (Wildman–Crippen LogP) is 4.33. The Morgan fingerprint density at radius 1 is 1.30 bits per heavy atom. The number of Topliss-reactive ketones (excluding diaryl/α,β-unsaturated/α-hetero) is 1. The second-order valence-electron chi connectivity index (χ2n) is 10.3. The molecule has 0 spiro atoms. The normalized spacial score (nSPS) is 25.5. The number of aromatic nitrogens is 2. The first kappa shape index (κ1) is 22.3. The van der Waals surface area contributed by atoms with Crippen molar-refractivity contribution in [2.24, 2.45) is 23.5 Å². The van der Waals surface area contributed by atoms with Crippen LogP contribution in [-0.4, -0.2) is 41.2 Å². The third-order valence-electron chi connectivity index (χ3n) is 7.50. The molecular formula is C25H33FN4O3. The van der Waals surface area contributed by atoms with Gasteiger partial charge in [0.1, 0.15) is 11.6 Å². The fraction of sp³-hybridized carbons (Fsp3) is 0.640. The molecule has 2 heterocycles. The molecule has 3 aliphatic rings. The van der Waals surface area contributed by atoms with E-state index in [9.17, 15) is 9.18 Å². The van der Waals surface area contributed by atoms with Crippen LogP contribution in [0.5, 0.6) is 5.75 Å². The molecule has 7 nitrogen and oxygen atoms in total. The molecule has 2 atom stereocenters. The molecule has 178 valence electrons. The summed E-state index contributed by atoms with van der Waals surface area (Å²) in [5.41, 5.74) is 6.62. The van der Waals surface area contributed by atoms with Crippen LogP contribution in [0.3, 0.4) is 0 Å². The Hall–Kier alpha value is -2.48. The van der Waals surface area contributed by atoms with Crippen molar-refractivity contribution in [3.63, 3.8) is 0 Å². The first-order chi connectivity index (χ1) is 15.8. The SMILES string of the molecule is CC(C)c1noc(N2CCC(C3CC3(N)CCOc3ccc(C(=O)C4CC4)c(F)c3)CC2)n1. The minimum absolute atomic E-state index is 0.00607. The zero-order chi connectivity index (χ0) is 23.2. The number of nitrogens with zero attached hydrogens (tertiary/aromatic N) is 3. The van der Waals surface area contributed by atoms with E-state index in [1.54, 1.807) is 12.1 Å². The maximum Gasteiger partial charge on any atom is 0.324 e. The van der Waals surface area contributed by atoms with Crippen LogP contribution in [0, 0.1) is 23.6 Å². The molecule has 0 bridgehead atoms. The minimum Gasteiger partial charge on any atom is -0.493 e. The van der Waals surface area contributed by atoms with E-state index < -0.39 is 5.82 Å². The maximum atomic E-state index is 14.3. The van der Waals surface area contributed by atoms with E-state index in [0.717, 1.165) is 57.4 Å². The van der Waals surface area contributed by atoms with E-state index in [1.807, 2.05) is 0 Å². The number of rotatable bonds is 9. The lowest BCUT2D eigenvalue weighted by Crippen LogP contribution is -2.37. The molecule has 2 aliphatic carbocycles. The molecule has 1 saturated heterocycles. The van der Waals surface area contributed by atoms with Gasteiger partial charge >= 0.3 is 6.01 Å². The van der Waals surface area contributed by atoms with Gasteiger partial charge in [0.15, 0.2) is 11.6 Å². The van der Waals surface area contributed by atoms with Gasteiger partial charge in [0, 0.05) is 36.5 Å². The van der Waals surface area contributed by atoms with Gasteiger partial charge in [-0.15, -0.1) is 0 Å². The van der Waals surface area contributed by atoms with Gasteiger partial charge in [0.2, 0.25) is 0 Å². The van der Waals surface area contributed by atoms with Crippen molar-refractivity contribution in [1.29, 1.82) is 0 Å². The van der Waals surface area contributed by atoms with E-state index in [1.165, 1.54) is 6.07 Å². The number of ether oxygens (including phenoxy) is 1. The topological polar surface area (TPSA) is 94.5 Å². The number of carbonyl (C=O) groups excluding carboxylic acids is 1. The molecule has 2 unspecified atom stereocenters. The highest BCUT2D eigenvalue weighted by Crippen LogP contribution is 2.51. The molecule has 3 fully saturated rings. The lowest BCUT2D eigenvalue weighted by Gasteiger charge is -2.31. The zero-order valence-corrected chi connectivity index (χ0v) is 19.4. The van der Waals surface area contributed by atoms with Crippen molar-refractivity contribution in [1.82, 2.24) is 10.1 Å². The number of halogens is 1. The van der Waals surface area contributed by atoms with Crippen molar-refractivity contribution in [3.8, 4) is 5.75 Å². The fourth-order valence-electron chi connectivity index (χ4n) is 5.07. The molecule has 2 aromatic rings. The lowest BCUT2D eigenvalue weighted by molar-refractivity contribution is 0.0963. The summed E-state index contributed by atoms with van der Waals surface area (Å²) in [6, 6.07) is 5.17. The molecular weight excluding hydrogens is 423 g/mol. The number of piperidine rings is 1. The number of hydrogen-bond donors (Lipinski definition) is 1. The van der Waals surface area contributed by atoms with E-state index in [2.05, 4.69) is 28.9 Å². The van der Waals surface area contributed by atoms with Crippen molar-refractivity contribution < 1.29 is 18.4 Å². The van der Waals surface area contributed by atoms with Crippen LogP contribution in [-0.2, 0) is 0 Å². The van der Waals surface area contributed by atoms with Gasteiger partial charge in [-0.1, -0.05) is 19.0 Å². The molecule has 1 aromatic heterocycles. The highest BCUT2D eigenvalue weighted by Gasteiger charge is 2.54. The number of carbonyl (C=O) groups is 1. The van der Waals surface area contributed by atoms with Crippen LogP contribution < -0.4 is 15.4 Å². The van der Waals surface area contributed by atoms with Gasteiger partial charge in [0.25, 0.3) is 0 Å². The van der Waals surface area contributed by atoms with Gasteiger partial charge in [-0.3, -0.25) is 4.79 Å². The Labute approximate surface area is 193 Å². The first-order valence-electron chi connectivity index (χ1n) is 12.2. The summed E-state index contributed by atoms with van der Waals surface area (Å²) >= 11 is 0. The predicted molar refractivity (Wildman–Crippen MR) is 122 cm³/mol. The number of anilines is 1. The van der Waals surface area contributed by atoms with Crippen molar-refractivity contribution in [2.75, 3.05) is 24.6 Å². The molecule has 1 aliphatic heterocycles. The van der Waals surface area contributed by atoms with E-state index in [0.29, 0.717) is 30.2 Å². The summed E-state index contributed by atoms with van der Waals surface area (Å²) in [5, 5.41) is 4.07. The lowest BCUT2D eigenvalue weighted by atomic mass is 9.89. The van der Waals surface area contributed by atoms with Crippen LogP contribution in [0.25, 0.3) is 0 Å². The summed E-state index contributed by atoms with van der Waals surface area (Å²) in [7, 11) is 0. The second kappa shape index (κ2) is 8.70. The Kier molecular flexibility index (Phi) is 5.89. The number of hydrogen-bond acceptors (Lipinski definition) is 7. The first-order valence-corrected chi connectivity index (χ1v) is 12.2. The van der Waals surface area contributed by atoms with E-state index in [4.69, 9.17) is 15.0 Å². The molecule has 33 heavy (non-hydrogen) atoms. The average molecular weight is 457 g/mol. The van der Waals surface area contributed by atoms with Crippen LogP contribution in [0.2, 0.25) is 0 Å². The van der Waals surface area contributed by atoms with Crippen LogP contribution in [0.1, 0.15) is 74.5 Å². The molecule has 0 radical (unpaired) electrons. The molecule has 1 aromatic carbocycles. The van der Waals surface area contributed by atoms with Crippen LogP contribution in [0.4, 0.5) is 10.4 Å². The molecule has 5 rings (SSSR count). The smallest absolute Gasteiger partial charge is 0.324 e. The fourth-order valence-corrected chi connectivity index (χ4v) is 5.07. The summed E-state index contributed by atoms with van der Waals surface area (Å²) < 4.78 is 25.5. The highest BCUT2D eigenvalue weighted by molar-refractivity contribution is 5.99. The summed E-state index contributed by atoms with van der Waals surface area (Å²) in [6.07, 6.45) is 5.60. The molecule has 0 amide bonds. The number of benzene rings is 1. The maximum absolute atomic E-state index is 14.3. The third-order valence-corrected chi connectivity index (χ3v) is 7.50. The third kappa shape index (κ3) is 4.76. The van der Waals surface area contributed by atoms with Gasteiger partial charge in [-0.2, -0.15) is 4.98 Å². The molecule has 2 N–H and O–H groups in total. The average Bonchev–Trinajstić information content (AvgIpc) is 3.70. The summed E-state index contributed by atoms with van der Waals surface area (Å²) in [4.78, 5) is 18.8. The van der Waals surface area contributed by atoms with Gasteiger partial charge < -0.3 is 19.9 Å². The largest absolute Gasteiger partial charge is 0.493 e. The monoisotopic (exact) mass is 456 g/mol. The minimum atomic E-state index is -0.496. The summed E-state index contributed by atoms with van der Waals surface area (Å²) in [5.74, 6) is 1.96. The zero-order valence-electron chi connectivity index (χ0n) is 19.4. The van der Waals surface area contributed by atoms with E-state index >= 15 is 0 Å². The Balaban J connectivity index is 1.07. The van der Waals surface area contributed by atoms with Crippen molar-refractivity contribution in [2.45, 2.75) is 63.8 Å². The Bertz CT molecular complexity index is 1010. The van der Waals surface area contributed by atoms with Crippen LogP contribution in [0.15, 0.2) is 22.7 Å². The Morgan fingerprint density at radius 3 is 2.70 bits per heavy atom. The summed E-state index contributed by atoms with van der Waals surface area (Å²) in [6.45, 7) is 6.36. The van der Waals surface area contributed by atoms with Crippen molar-refractivity contribution >= 4 is 11.8 Å². The Morgan fingerprint density at radius 2 is 2.06 bits per heavy atom. The highest BCUT2D eigenvalue weighted by atomic mass is 19.1. The van der Waals surface area contributed by atoms with Gasteiger partial charge in [-0.25, -0.2) is 4.39 Å². The quantitative estimate of drug-likeness (QED) is 0.561. The van der Waals surface area contributed by atoms with E-state index in [-0.39, 0.29) is 28.7 Å². The standard InChI is InChI=1S/C25H33FN4O3/c1-15(2)23-28-24(33-29-23)30-10-7-16(8-11-30)20-14-25(20,27)9-12-32-18-5-6-19(21(26)13-18)22(31)17-3-4-17/h5-6,13,15-17,20H,3-4,7-12,14,27H2,1-2H3. The van der Waals surface area contributed by atoms with Crippen LogP contribution >= 0.6 is 0 Å². The molecule has 8 heteroatoms. The molecule has 2 saturated carbocycles. The van der Waals surface area contributed by atoms with Gasteiger partial charge in [0.05, 0.1) is 12.2 Å². The second-order valence-corrected chi connectivity index (χ2v) is 10.3. The number of nitrogens with two attached hydrogens (primary N) is 1. The van der Waals surface area contributed by atoms with Gasteiger partial charge in [-0.05, 0) is 62.5 Å². The number of ketones is 1.